The summed E-state index contributed by atoms with van der Waals surface area (Å²) < 4.78 is 2.01. The van der Waals surface area contributed by atoms with Gasteiger partial charge in [0.2, 0.25) is 0 Å². The molecule has 0 atom stereocenters. The fourth-order valence-electron chi connectivity index (χ4n) is 3.23. The Morgan fingerprint density at radius 1 is 0.913 bits per heavy atom. The molecule has 0 aliphatic rings. The molecule has 0 spiro atoms. The molecule has 3 aromatic carbocycles. The monoisotopic (exact) mass is 301 g/mol. The van der Waals surface area contributed by atoms with Crippen LogP contribution in [0.15, 0.2) is 60.7 Å². The number of nitrogens with zero attached hydrogens (tertiary/aromatic N) is 1. The second kappa shape index (κ2) is 4.99. The number of para-hydroxylation sites is 2. The summed E-state index contributed by atoms with van der Waals surface area (Å²) >= 11 is 0. The Morgan fingerprint density at radius 2 is 1.48 bits per heavy atom. The van der Waals surface area contributed by atoms with Crippen LogP contribution in [-0.4, -0.2) is 16.0 Å². The average Bonchev–Trinajstić information content (AvgIpc) is 2.91. The third kappa shape index (κ3) is 1.94. The molecule has 0 saturated carbocycles. The van der Waals surface area contributed by atoms with Gasteiger partial charge in [-0.1, -0.05) is 36.4 Å². The van der Waals surface area contributed by atoms with E-state index in [1.807, 2.05) is 54.0 Å². The van der Waals surface area contributed by atoms with E-state index in [2.05, 4.69) is 12.1 Å². The highest BCUT2D eigenvalue weighted by Crippen LogP contribution is 2.36. The van der Waals surface area contributed by atoms with Gasteiger partial charge >= 0.3 is 0 Å². The smallest absolute Gasteiger partial charge is 0.153 e. The lowest BCUT2D eigenvalue weighted by Gasteiger charge is -2.12. The Bertz CT molecular complexity index is 1010. The van der Waals surface area contributed by atoms with E-state index in [1.165, 1.54) is 0 Å². The number of phenols is 1. The molecular formula is C20H15NO2. The average molecular weight is 301 g/mol. The van der Waals surface area contributed by atoms with Crippen LogP contribution in [0.1, 0.15) is 15.9 Å². The Kier molecular flexibility index (Phi) is 2.95. The molecule has 112 valence electrons. The maximum atomic E-state index is 11.3. The first-order valence-corrected chi connectivity index (χ1v) is 7.48. The van der Waals surface area contributed by atoms with Gasteiger partial charge in [-0.05, 0) is 36.8 Å². The molecule has 3 nitrogen and oxygen atoms in total. The van der Waals surface area contributed by atoms with Crippen molar-refractivity contribution in [1.29, 1.82) is 0 Å². The van der Waals surface area contributed by atoms with Crippen LogP contribution in [-0.2, 0) is 0 Å². The highest BCUT2D eigenvalue weighted by molar-refractivity contribution is 6.09. The standard InChI is InChI=1S/C20H15NO2/c1-13-10-14(12-22)20(23)19(11-13)21-17-8-4-2-6-15(17)16-7-3-5-9-18(16)21/h2-12,23H,1H3. The maximum Gasteiger partial charge on any atom is 0.153 e. The van der Waals surface area contributed by atoms with Gasteiger partial charge in [0, 0.05) is 10.8 Å². The summed E-state index contributed by atoms with van der Waals surface area (Å²) in [6.07, 6.45) is 0.694. The van der Waals surface area contributed by atoms with E-state index < -0.39 is 0 Å². The van der Waals surface area contributed by atoms with Crippen molar-refractivity contribution in [3.05, 3.63) is 71.8 Å². The fraction of sp³-hybridized carbons (Fsp3) is 0.0500. The molecule has 0 bridgehead atoms. The predicted molar refractivity (Wildman–Crippen MR) is 92.6 cm³/mol. The number of hydrogen-bond donors (Lipinski definition) is 1. The number of carbonyl (C=O) groups excluding carboxylic acids is 1. The van der Waals surface area contributed by atoms with Gasteiger partial charge in [-0.3, -0.25) is 4.79 Å². The highest BCUT2D eigenvalue weighted by atomic mass is 16.3. The molecule has 0 fully saturated rings. The number of phenolic OH excluding ortho intramolecular Hbond substituents is 1. The number of carbonyl (C=O) groups is 1. The van der Waals surface area contributed by atoms with Crippen molar-refractivity contribution in [1.82, 2.24) is 4.57 Å². The number of aldehydes is 1. The second-order valence-electron chi connectivity index (χ2n) is 5.71. The lowest BCUT2D eigenvalue weighted by molar-refractivity contribution is 0.112. The first-order chi connectivity index (χ1) is 11.2. The van der Waals surface area contributed by atoms with Gasteiger partial charge in [-0.15, -0.1) is 0 Å². The molecule has 1 aromatic heterocycles. The number of fused-ring (bicyclic) bond motifs is 3. The largest absolute Gasteiger partial charge is 0.505 e. The number of aromatic nitrogens is 1. The molecule has 0 aliphatic carbocycles. The summed E-state index contributed by atoms with van der Waals surface area (Å²) in [6, 6.07) is 19.8. The Labute approximate surface area is 133 Å². The van der Waals surface area contributed by atoms with Crippen molar-refractivity contribution < 1.29 is 9.90 Å². The van der Waals surface area contributed by atoms with Crippen LogP contribution in [0.5, 0.6) is 5.75 Å². The quantitative estimate of drug-likeness (QED) is 0.549. The van der Waals surface area contributed by atoms with Crippen LogP contribution >= 0.6 is 0 Å². The summed E-state index contributed by atoms with van der Waals surface area (Å²) in [4.78, 5) is 11.3. The molecule has 0 amide bonds. The molecule has 4 aromatic rings. The molecule has 1 N–H and O–H groups in total. The Hall–Kier alpha value is -3.07. The first kappa shape index (κ1) is 13.6. The second-order valence-corrected chi connectivity index (χ2v) is 5.71. The molecule has 0 aliphatic heterocycles. The lowest BCUT2D eigenvalue weighted by Crippen LogP contribution is -1.98. The van der Waals surface area contributed by atoms with Crippen molar-refractivity contribution in [3.8, 4) is 11.4 Å². The molecule has 0 radical (unpaired) electrons. The zero-order valence-electron chi connectivity index (χ0n) is 12.7. The molecular weight excluding hydrogens is 286 g/mol. The van der Waals surface area contributed by atoms with E-state index >= 15 is 0 Å². The number of aromatic hydroxyl groups is 1. The molecule has 0 saturated heterocycles. The Balaban J connectivity index is 2.21. The third-order valence-corrected chi connectivity index (χ3v) is 4.21. The van der Waals surface area contributed by atoms with E-state index in [-0.39, 0.29) is 5.75 Å². The van der Waals surface area contributed by atoms with Crippen LogP contribution < -0.4 is 0 Å². The minimum Gasteiger partial charge on any atom is -0.505 e. The van der Waals surface area contributed by atoms with Gasteiger partial charge in [0.05, 0.1) is 22.3 Å². The zero-order chi connectivity index (χ0) is 16.0. The van der Waals surface area contributed by atoms with Gasteiger partial charge < -0.3 is 9.67 Å². The summed E-state index contributed by atoms with van der Waals surface area (Å²) in [5, 5.41) is 12.8. The third-order valence-electron chi connectivity index (χ3n) is 4.21. The van der Waals surface area contributed by atoms with Crippen LogP contribution in [0.2, 0.25) is 0 Å². The normalized spacial score (nSPS) is 11.2. The van der Waals surface area contributed by atoms with Crippen LogP contribution in [0.4, 0.5) is 0 Å². The van der Waals surface area contributed by atoms with E-state index in [1.54, 1.807) is 6.07 Å². The SMILES string of the molecule is Cc1cc(C=O)c(O)c(-n2c3ccccc3c3ccccc32)c1. The van der Waals surface area contributed by atoms with Gasteiger partial charge in [-0.2, -0.15) is 0 Å². The minimum atomic E-state index is 0.0112. The first-order valence-electron chi connectivity index (χ1n) is 7.48. The summed E-state index contributed by atoms with van der Waals surface area (Å²) in [7, 11) is 0. The van der Waals surface area contributed by atoms with Gasteiger partial charge in [0.15, 0.2) is 6.29 Å². The number of aryl methyl sites for hydroxylation is 1. The van der Waals surface area contributed by atoms with Crippen LogP contribution in [0.25, 0.3) is 27.5 Å². The van der Waals surface area contributed by atoms with Crippen LogP contribution in [0, 0.1) is 6.92 Å². The number of benzene rings is 3. The van der Waals surface area contributed by atoms with Crippen molar-refractivity contribution in [2.24, 2.45) is 0 Å². The van der Waals surface area contributed by atoms with Crippen molar-refractivity contribution in [2.45, 2.75) is 6.92 Å². The summed E-state index contributed by atoms with van der Waals surface area (Å²) in [6.45, 7) is 1.92. The molecule has 4 rings (SSSR count). The minimum absolute atomic E-state index is 0.0112. The van der Waals surface area contributed by atoms with Crippen molar-refractivity contribution in [3.63, 3.8) is 0 Å². The number of rotatable bonds is 2. The molecule has 3 heteroatoms. The lowest BCUT2D eigenvalue weighted by atomic mass is 10.1. The fourth-order valence-corrected chi connectivity index (χ4v) is 3.23. The van der Waals surface area contributed by atoms with Gasteiger partial charge in [0.25, 0.3) is 0 Å². The van der Waals surface area contributed by atoms with Crippen molar-refractivity contribution >= 4 is 28.1 Å². The van der Waals surface area contributed by atoms with Gasteiger partial charge in [-0.25, -0.2) is 0 Å². The van der Waals surface area contributed by atoms with E-state index in [4.69, 9.17) is 0 Å². The Morgan fingerprint density at radius 3 is 2.04 bits per heavy atom. The van der Waals surface area contributed by atoms with E-state index in [9.17, 15) is 9.90 Å². The highest BCUT2D eigenvalue weighted by Gasteiger charge is 2.16. The number of hydrogen-bond acceptors (Lipinski definition) is 2. The van der Waals surface area contributed by atoms with Crippen molar-refractivity contribution in [2.75, 3.05) is 0 Å². The van der Waals surface area contributed by atoms with Gasteiger partial charge in [0.1, 0.15) is 5.75 Å². The molecule has 1 heterocycles. The predicted octanol–water partition coefficient (Wildman–Crippen LogP) is 4.61. The summed E-state index contributed by atoms with van der Waals surface area (Å²) in [5.74, 6) is 0.0112. The van der Waals surface area contributed by atoms with Crippen LogP contribution in [0.3, 0.4) is 0 Å². The van der Waals surface area contributed by atoms with E-state index in [0.717, 1.165) is 27.4 Å². The van der Waals surface area contributed by atoms with E-state index in [0.29, 0.717) is 17.5 Å². The topological polar surface area (TPSA) is 42.2 Å². The molecule has 0 unspecified atom stereocenters. The summed E-state index contributed by atoms with van der Waals surface area (Å²) in [5.41, 5.74) is 3.88. The maximum absolute atomic E-state index is 11.3. The zero-order valence-corrected chi connectivity index (χ0v) is 12.7. The molecule has 23 heavy (non-hydrogen) atoms.